The topological polar surface area (TPSA) is 70.6 Å². The molecule has 0 radical (unpaired) electrons. The summed E-state index contributed by atoms with van der Waals surface area (Å²) in [4.78, 5) is 16.1. The van der Waals surface area contributed by atoms with Gasteiger partial charge < -0.3 is 4.90 Å². The van der Waals surface area contributed by atoms with E-state index in [-0.39, 0.29) is 0 Å². The fourth-order valence-electron chi connectivity index (χ4n) is 4.43. The van der Waals surface area contributed by atoms with Gasteiger partial charge in [-0.3, -0.25) is 10.1 Å². The summed E-state index contributed by atoms with van der Waals surface area (Å²) in [6.45, 7) is 4.98. The predicted octanol–water partition coefficient (Wildman–Crippen LogP) is 5.30. The second-order valence-electron chi connectivity index (χ2n) is 8.28. The van der Waals surface area contributed by atoms with Crippen molar-refractivity contribution in [3.8, 4) is 22.5 Å². The van der Waals surface area contributed by atoms with Gasteiger partial charge in [-0.05, 0) is 56.5 Å². The van der Waals surface area contributed by atoms with Gasteiger partial charge in [0, 0.05) is 47.7 Å². The molecule has 0 bridgehead atoms. The highest BCUT2D eigenvalue weighted by Crippen LogP contribution is 2.36. The van der Waals surface area contributed by atoms with E-state index in [4.69, 9.17) is 4.98 Å². The molecule has 0 spiro atoms. The van der Waals surface area contributed by atoms with Gasteiger partial charge in [-0.15, -0.1) is 0 Å². The van der Waals surface area contributed by atoms with Crippen LogP contribution in [-0.2, 0) is 0 Å². The lowest BCUT2D eigenvalue weighted by atomic mass is 10.0. The van der Waals surface area contributed by atoms with Gasteiger partial charge >= 0.3 is 0 Å². The number of fused-ring (bicyclic) bond motifs is 1. The second-order valence-corrected chi connectivity index (χ2v) is 8.28. The Morgan fingerprint density at radius 2 is 2.00 bits per heavy atom. The van der Waals surface area contributed by atoms with Crippen molar-refractivity contribution in [1.29, 1.82) is 0 Å². The molecule has 0 unspecified atom stereocenters. The number of halogens is 1. The van der Waals surface area contributed by atoms with E-state index in [1.165, 1.54) is 12.8 Å². The number of anilines is 1. The molecule has 0 amide bonds. The monoisotopic (exact) mass is 416 g/mol. The Hall–Kier alpha value is -3.35. The summed E-state index contributed by atoms with van der Waals surface area (Å²) in [6.07, 6.45) is 9.86. The van der Waals surface area contributed by atoms with Gasteiger partial charge in [-0.25, -0.2) is 9.97 Å². The molecule has 31 heavy (non-hydrogen) atoms. The van der Waals surface area contributed by atoms with Crippen molar-refractivity contribution >= 4 is 16.7 Å². The average molecular weight is 417 g/mol. The van der Waals surface area contributed by atoms with Gasteiger partial charge in [0.15, 0.2) is 0 Å². The number of hydrogen-bond acceptors (Lipinski definition) is 5. The van der Waals surface area contributed by atoms with E-state index in [1.54, 1.807) is 25.5 Å². The molecule has 1 atom stereocenters. The van der Waals surface area contributed by atoms with Crippen LogP contribution in [0.5, 0.6) is 0 Å². The van der Waals surface area contributed by atoms with E-state index >= 15 is 0 Å². The maximum absolute atomic E-state index is 13.9. The Balaban J connectivity index is 1.78. The lowest BCUT2D eigenvalue weighted by Crippen LogP contribution is -2.33. The largest absolute Gasteiger partial charge is 0.354 e. The molecule has 1 fully saturated rings. The zero-order valence-corrected chi connectivity index (χ0v) is 17.8. The number of aryl methyl sites for hydroxylation is 1. The quantitative estimate of drug-likeness (QED) is 0.459. The van der Waals surface area contributed by atoms with Crippen molar-refractivity contribution < 1.29 is 4.39 Å². The molecular formula is C24H25FN6. The van der Waals surface area contributed by atoms with Gasteiger partial charge in [-0.1, -0.05) is 12.8 Å². The molecule has 1 aliphatic heterocycles. The molecule has 1 saturated heterocycles. The van der Waals surface area contributed by atoms with Crippen molar-refractivity contribution in [2.24, 2.45) is 0 Å². The highest BCUT2D eigenvalue weighted by Gasteiger charge is 2.22. The summed E-state index contributed by atoms with van der Waals surface area (Å²) < 4.78 is 13.9. The van der Waals surface area contributed by atoms with Gasteiger partial charge in [0.25, 0.3) is 0 Å². The molecule has 7 heteroatoms. The zero-order valence-electron chi connectivity index (χ0n) is 17.8. The highest BCUT2D eigenvalue weighted by atomic mass is 19.1. The number of hydrogen-bond donors (Lipinski definition) is 1. The highest BCUT2D eigenvalue weighted by molar-refractivity contribution is 6.01. The van der Waals surface area contributed by atoms with E-state index in [1.807, 2.05) is 18.2 Å². The van der Waals surface area contributed by atoms with Crippen molar-refractivity contribution in [1.82, 2.24) is 25.1 Å². The fraction of sp³-hybridized carbons (Fsp3) is 0.333. The third-order valence-corrected chi connectivity index (χ3v) is 6.14. The first-order valence-electron chi connectivity index (χ1n) is 10.8. The Kier molecular flexibility index (Phi) is 5.10. The molecule has 4 aromatic heterocycles. The van der Waals surface area contributed by atoms with Gasteiger partial charge in [0.1, 0.15) is 17.0 Å². The Morgan fingerprint density at radius 1 is 1.10 bits per heavy atom. The van der Waals surface area contributed by atoms with Crippen LogP contribution in [0.1, 0.15) is 38.2 Å². The summed E-state index contributed by atoms with van der Waals surface area (Å²) >= 11 is 0. The average Bonchev–Trinajstić information content (AvgIpc) is 3.23. The van der Waals surface area contributed by atoms with Crippen LogP contribution in [0.25, 0.3) is 33.4 Å². The standard InChI is InChI=1S/C24H25FN6/c1-15-12-17(14-27-24(15)25)19-13-21(31-11-5-3-4-6-16(31)2)29-22-18(19)7-9-26-23(22)20-8-10-28-30-20/h7-10,12-14,16H,3-6,11H2,1-2H3,(H,28,30)/t16-/m1/s1. The maximum atomic E-state index is 13.9. The lowest BCUT2D eigenvalue weighted by Gasteiger charge is -2.29. The fourth-order valence-corrected chi connectivity index (χ4v) is 4.43. The van der Waals surface area contributed by atoms with Crippen LogP contribution in [0, 0.1) is 12.9 Å². The molecule has 1 N–H and O–H groups in total. The number of nitrogens with one attached hydrogen (secondary N) is 1. The molecule has 1 aliphatic rings. The summed E-state index contributed by atoms with van der Waals surface area (Å²) in [6, 6.07) is 8.23. The van der Waals surface area contributed by atoms with Crippen LogP contribution < -0.4 is 4.90 Å². The van der Waals surface area contributed by atoms with Crippen molar-refractivity contribution in [2.75, 3.05) is 11.4 Å². The molecule has 158 valence electrons. The second kappa shape index (κ2) is 8.06. The zero-order chi connectivity index (χ0) is 21.4. The summed E-state index contributed by atoms with van der Waals surface area (Å²) in [5, 5.41) is 8.06. The van der Waals surface area contributed by atoms with E-state index in [0.717, 1.165) is 58.6 Å². The number of pyridine rings is 3. The van der Waals surface area contributed by atoms with Crippen molar-refractivity contribution in [3.63, 3.8) is 0 Å². The Bertz CT molecular complexity index is 1220. The molecule has 0 aliphatic carbocycles. The predicted molar refractivity (Wildman–Crippen MR) is 120 cm³/mol. The molecule has 5 rings (SSSR count). The maximum Gasteiger partial charge on any atom is 0.215 e. The van der Waals surface area contributed by atoms with Crippen LogP contribution >= 0.6 is 0 Å². The molecule has 5 heterocycles. The van der Waals surface area contributed by atoms with Gasteiger partial charge in [0.05, 0.1) is 5.69 Å². The van der Waals surface area contributed by atoms with E-state index < -0.39 is 5.95 Å². The number of rotatable bonds is 3. The van der Waals surface area contributed by atoms with E-state index in [2.05, 4.69) is 38.1 Å². The summed E-state index contributed by atoms with van der Waals surface area (Å²) in [5.74, 6) is 0.482. The molecule has 0 aromatic carbocycles. The normalized spacial score (nSPS) is 17.1. The Morgan fingerprint density at radius 3 is 2.81 bits per heavy atom. The number of aromatic amines is 1. The van der Waals surface area contributed by atoms with Gasteiger partial charge in [-0.2, -0.15) is 9.49 Å². The molecule has 6 nitrogen and oxygen atoms in total. The SMILES string of the molecule is Cc1cc(-c2cc(N3CCCCC[C@H]3C)nc3c(-c4ccn[nH]4)nccc23)cnc1F. The molecule has 4 aromatic rings. The third kappa shape index (κ3) is 3.65. The van der Waals surface area contributed by atoms with Crippen LogP contribution in [-0.4, -0.2) is 37.7 Å². The van der Waals surface area contributed by atoms with Crippen LogP contribution in [0.2, 0.25) is 0 Å². The lowest BCUT2D eigenvalue weighted by molar-refractivity contribution is 0.575. The van der Waals surface area contributed by atoms with Crippen LogP contribution in [0.15, 0.2) is 42.9 Å². The first-order chi connectivity index (χ1) is 15.1. The van der Waals surface area contributed by atoms with E-state index in [0.29, 0.717) is 11.6 Å². The summed E-state index contributed by atoms with van der Waals surface area (Å²) in [7, 11) is 0. The first-order valence-corrected chi connectivity index (χ1v) is 10.8. The Labute approximate surface area is 180 Å². The molecule has 0 saturated carbocycles. The van der Waals surface area contributed by atoms with Crippen LogP contribution in [0.3, 0.4) is 0 Å². The smallest absolute Gasteiger partial charge is 0.215 e. The number of aromatic nitrogens is 5. The van der Waals surface area contributed by atoms with Crippen molar-refractivity contribution in [3.05, 3.63) is 54.4 Å². The van der Waals surface area contributed by atoms with Crippen LogP contribution in [0.4, 0.5) is 10.2 Å². The van der Waals surface area contributed by atoms with E-state index in [9.17, 15) is 4.39 Å². The van der Waals surface area contributed by atoms with Crippen molar-refractivity contribution in [2.45, 2.75) is 45.6 Å². The summed E-state index contributed by atoms with van der Waals surface area (Å²) in [5.41, 5.74) is 4.76. The number of H-pyrrole nitrogens is 1. The first kappa shape index (κ1) is 19.6. The third-order valence-electron chi connectivity index (χ3n) is 6.14. The minimum atomic E-state index is -0.441. The molecular weight excluding hydrogens is 391 g/mol. The number of nitrogens with zero attached hydrogens (tertiary/aromatic N) is 5. The minimum Gasteiger partial charge on any atom is -0.354 e. The van der Waals surface area contributed by atoms with Gasteiger partial charge in [0.2, 0.25) is 5.95 Å². The minimum absolute atomic E-state index is 0.403.